The molecule has 1 unspecified atom stereocenters. The Balaban J connectivity index is 2.08. The lowest BCUT2D eigenvalue weighted by molar-refractivity contribution is -0.132. The van der Waals surface area contributed by atoms with Crippen molar-refractivity contribution in [3.05, 3.63) is 35.9 Å². The lowest BCUT2D eigenvalue weighted by Crippen LogP contribution is -2.48. The van der Waals surface area contributed by atoms with Crippen LogP contribution >= 0.6 is 12.2 Å². The number of thiocarbonyl (C=S) groups is 1. The van der Waals surface area contributed by atoms with Gasteiger partial charge in [0.15, 0.2) is 9.84 Å². The lowest BCUT2D eigenvalue weighted by Gasteiger charge is -2.30. The summed E-state index contributed by atoms with van der Waals surface area (Å²) in [5.74, 6) is -0.744. The van der Waals surface area contributed by atoms with Crippen LogP contribution in [0.1, 0.15) is 5.56 Å². The zero-order chi connectivity index (χ0) is 15.5. The fraction of sp³-hybridized carbons (Fsp3) is 0.429. The highest BCUT2D eigenvalue weighted by molar-refractivity contribution is 7.91. The number of benzene rings is 1. The van der Waals surface area contributed by atoms with E-state index in [2.05, 4.69) is 0 Å². The van der Waals surface area contributed by atoms with E-state index in [9.17, 15) is 13.2 Å². The molecule has 0 bridgehead atoms. The van der Waals surface area contributed by atoms with Crippen molar-refractivity contribution >= 4 is 33.0 Å². The van der Waals surface area contributed by atoms with Crippen molar-refractivity contribution in [3.8, 4) is 0 Å². The normalized spacial score (nSPS) is 19.0. The van der Waals surface area contributed by atoms with Gasteiger partial charge in [0.1, 0.15) is 0 Å². The molecule has 2 rings (SSSR count). The SMILES string of the molecule is NC(=S)C(Cc1ccccc1)C(=O)N1CCS(=O)(=O)CC1. The summed E-state index contributed by atoms with van der Waals surface area (Å²) in [5.41, 5.74) is 6.69. The van der Waals surface area contributed by atoms with E-state index in [0.29, 0.717) is 6.42 Å². The molecule has 0 aromatic heterocycles. The number of hydrogen-bond donors (Lipinski definition) is 1. The molecule has 2 N–H and O–H groups in total. The standard InChI is InChI=1S/C14H18N2O3S2/c15-13(20)12(10-11-4-2-1-3-5-11)14(17)16-6-8-21(18,19)9-7-16/h1-5,12H,6-10H2,(H2,15,20). The topological polar surface area (TPSA) is 80.5 Å². The summed E-state index contributed by atoms with van der Waals surface area (Å²) in [6.07, 6.45) is 0.443. The summed E-state index contributed by atoms with van der Waals surface area (Å²) in [6.45, 7) is 0.435. The Kier molecular flexibility index (Phi) is 4.95. The number of rotatable bonds is 4. The van der Waals surface area contributed by atoms with Crippen molar-refractivity contribution < 1.29 is 13.2 Å². The molecule has 1 heterocycles. The zero-order valence-electron chi connectivity index (χ0n) is 11.6. The van der Waals surface area contributed by atoms with Crippen LogP contribution in [0.3, 0.4) is 0 Å². The molecule has 21 heavy (non-hydrogen) atoms. The van der Waals surface area contributed by atoms with Crippen LogP contribution in [0, 0.1) is 5.92 Å². The van der Waals surface area contributed by atoms with Gasteiger partial charge in [0, 0.05) is 13.1 Å². The molecule has 1 aromatic carbocycles. The second kappa shape index (κ2) is 6.53. The highest BCUT2D eigenvalue weighted by Gasteiger charge is 2.31. The van der Waals surface area contributed by atoms with Crippen LogP contribution < -0.4 is 5.73 Å². The quantitative estimate of drug-likeness (QED) is 0.810. The van der Waals surface area contributed by atoms with Crippen LogP contribution in [0.2, 0.25) is 0 Å². The predicted molar refractivity (Wildman–Crippen MR) is 85.7 cm³/mol. The Morgan fingerprint density at radius 1 is 1.24 bits per heavy atom. The molecule has 0 saturated carbocycles. The number of carbonyl (C=O) groups excluding carboxylic acids is 1. The smallest absolute Gasteiger partial charge is 0.232 e. The average Bonchev–Trinajstić information content (AvgIpc) is 2.45. The van der Waals surface area contributed by atoms with Crippen LogP contribution in [0.5, 0.6) is 0 Å². The van der Waals surface area contributed by atoms with Crippen LogP contribution in [0.4, 0.5) is 0 Å². The van der Waals surface area contributed by atoms with Crippen LogP contribution in [-0.2, 0) is 21.1 Å². The predicted octanol–water partition coefficient (Wildman–Crippen LogP) is 0.388. The highest BCUT2D eigenvalue weighted by atomic mass is 32.2. The molecular formula is C14H18N2O3S2. The molecule has 1 aromatic rings. The minimum absolute atomic E-state index is 0.00807. The van der Waals surface area contributed by atoms with E-state index in [1.54, 1.807) is 4.90 Å². The Hall–Kier alpha value is -1.47. The molecular weight excluding hydrogens is 308 g/mol. The van der Waals surface area contributed by atoms with E-state index < -0.39 is 15.8 Å². The van der Waals surface area contributed by atoms with Crippen LogP contribution in [0.25, 0.3) is 0 Å². The maximum atomic E-state index is 12.5. The Morgan fingerprint density at radius 3 is 2.33 bits per heavy atom. The summed E-state index contributed by atoms with van der Waals surface area (Å²) in [7, 11) is -3.01. The van der Waals surface area contributed by atoms with Crippen LogP contribution in [-0.4, -0.2) is 48.8 Å². The van der Waals surface area contributed by atoms with Gasteiger partial charge in [-0.2, -0.15) is 0 Å². The van der Waals surface area contributed by atoms with Gasteiger partial charge in [-0.05, 0) is 12.0 Å². The zero-order valence-corrected chi connectivity index (χ0v) is 13.2. The van der Waals surface area contributed by atoms with E-state index >= 15 is 0 Å². The number of nitrogens with two attached hydrogens (primary N) is 1. The fourth-order valence-corrected chi connectivity index (χ4v) is 3.70. The first-order valence-electron chi connectivity index (χ1n) is 6.71. The molecule has 1 amide bonds. The number of nitrogens with zero attached hydrogens (tertiary/aromatic N) is 1. The second-order valence-electron chi connectivity index (χ2n) is 5.12. The number of hydrogen-bond acceptors (Lipinski definition) is 4. The molecule has 0 spiro atoms. The number of amides is 1. The average molecular weight is 326 g/mol. The number of sulfone groups is 1. The van der Waals surface area contributed by atoms with E-state index in [1.165, 1.54) is 0 Å². The third-order valence-electron chi connectivity index (χ3n) is 3.58. The molecule has 114 valence electrons. The van der Waals surface area contributed by atoms with Gasteiger partial charge in [-0.25, -0.2) is 8.42 Å². The molecule has 0 aliphatic carbocycles. The molecule has 5 nitrogen and oxygen atoms in total. The van der Waals surface area contributed by atoms with E-state index in [0.717, 1.165) is 5.56 Å². The Labute approximate surface area is 130 Å². The van der Waals surface area contributed by atoms with Crippen molar-refractivity contribution in [2.24, 2.45) is 11.7 Å². The fourth-order valence-electron chi connectivity index (χ4n) is 2.31. The summed E-state index contributed by atoms with van der Waals surface area (Å²) >= 11 is 5.02. The van der Waals surface area contributed by atoms with Gasteiger partial charge in [-0.15, -0.1) is 0 Å². The minimum Gasteiger partial charge on any atom is -0.393 e. The summed E-state index contributed by atoms with van der Waals surface area (Å²) < 4.78 is 22.9. The maximum Gasteiger partial charge on any atom is 0.232 e. The van der Waals surface area contributed by atoms with Crippen molar-refractivity contribution in [3.63, 3.8) is 0 Å². The van der Waals surface area contributed by atoms with Gasteiger partial charge >= 0.3 is 0 Å². The number of carbonyl (C=O) groups is 1. The summed E-state index contributed by atoms with van der Waals surface area (Å²) in [6, 6.07) is 9.52. The van der Waals surface area contributed by atoms with Crippen molar-refractivity contribution in [1.82, 2.24) is 4.90 Å². The monoisotopic (exact) mass is 326 g/mol. The van der Waals surface area contributed by atoms with Crippen molar-refractivity contribution in [2.45, 2.75) is 6.42 Å². The van der Waals surface area contributed by atoms with E-state index in [-0.39, 0.29) is 35.5 Å². The first-order chi connectivity index (χ1) is 9.89. The lowest BCUT2D eigenvalue weighted by atomic mass is 9.98. The molecule has 1 aliphatic rings. The van der Waals surface area contributed by atoms with E-state index in [1.807, 2.05) is 30.3 Å². The molecule has 7 heteroatoms. The summed E-state index contributed by atoms with van der Waals surface area (Å²) in [4.78, 5) is 14.2. The molecule has 1 aliphatic heterocycles. The van der Waals surface area contributed by atoms with Gasteiger partial charge < -0.3 is 10.6 Å². The second-order valence-corrected chi connectivity index (χ2v) is 7.90. The van der Waals surface area contributed by atoms with E-state index in [4.69, 9.17) is 18.0 Å². The van der Waals surface area contributed by atoms with Gasteiger partial charge in [0.05, 0.1) is 22.4 Å². The first kappa shape index (κ1) is 15.9. The molecule has 1 saturated heterocycles. The van der Waals surface area contributed by atoms with Crippen molar-refractivity contribution in [2.75, 3.05) is 24.6 Å². The third kappa shape index (κ3) is 4.25. The van der Waals surface area contributed by atoms with Gasteiger partial charge in [-0.1, -0.05) is 42.5 Å². The third-order valence-corrected chi connectivity index (χ3v) is 5.47. The minimum atomic E-state index is -3.01. The molecule has 1 atom stereocenters. The summed E-state index contributed by atoms with van der Waals surface area (Å²) in [5, 5.41) is 0. The molecule has 1 fully saturated rings. The van der Waals surface area contributed by atoms with Gasteiger partial charge in [0.2, 0.25) is 5.91 Å². The maximum absolute atomic E-state index is 12.5. The van der Waals surface area contributed by atoms with Gasteiger partial charge in [-0.3, -0.25) is 4.79 Å². The highest BCUT2D eigenvalue weighted by Crippen LogP contribution is 2.15. The Bertz CT molecular complexity index is 615. The first-order valence-corrected chi connectivity index (χ1v) is 8.94. The van der Waals surface area contributed by atoms with Crippen LogP contribution in [0.15, 0.2) is 30.3 Å². The Morgan fingerprint density at radius 2 is 1.81 bits per heavy atom. The molecule has 0 radical (unpaired) electrons. The largest absolute Gasteiger partial charge is 0.393 e. The van der Waals surface area contributed by atoms with Gasteiger partial charge in [0.25, 0.3) is 0 Å². The van der Waals surface area contributed by atoms with Crippen molar-refractivity contribution in [1.29, 1.82) is 0 Å².